The Kier molecular flexibility index (Phi) is 5.43. The molecule has 37 heavy (non-hydrogen) atoms. The Morgan fingerprint density at radius 3 is 2.92 bits per heavy atom. The number of nitrogens with zero attached hydrogens (tertiary/aromatic N) is 6. The Hall–Kier alpha value is -4.61. The SMILES string of the molecule is Cc1cn2c(n1)CN(C(=O)c1cnc3[nH]cc(-c4ccn5ncc(C(=O)NCC(F)F)c5c4)c3c1)CC2. The molecule has 10 nitrogen and oxygen atoms in total. The zero-order chi connectivity index (χ0) is 25.7. The molecule has 0 fully saturated rings. The van der Waals surface area contributed by atoms with Crippen LogP contribution in [0, 0.1) is 6.92 Å². The number of imidazole rings is 1. The number of hydrogen-bond donors (Lipinski definition) is 2. The molecule has 6 rings (SSSR count). The number of rotatable bonds is 5. The fraction of sp³-hybridized carbons (Fsp3) is 0.240. The number of alkyl halides is 2. The third-order valence-electron chi connectivity index (χ3n) is 6.48. The van der Waals surface area contributed by atoms with Crippen molar-refractivity contribution < 1.29 is 18.4 Å². The summed E-state index contributed by atoms with van der Waals surface area (Å²) < 4.78 is 28.7. The maximum atomic E-state index is 13.3. The summed E-state index contributed by atoms with van der Waals surface area (Å²) in [6, 6.07) is 5.39. The highest BCUT2D eigenvalue weighted by molar-refractivity contribution is 6.03. The molecule has 0 saturated heterocycles. The van der Waals surface area contributed by atoms with Gasteiger partial charge in [0, 0.05) is 48.8 Å². The number of amides is 2. The minimum Gasteiger partial charge on any atom is -0.346 e. The molecular formula is C25H22F2N8O2. The van der Waals surface area contributed by atoms with Crippen LogP contribution in [0.15, 0.2) is 49.2 Å². The van der Waals surface area contributed by atoms with Crippen LogP contribution in [-0.2, 0) is 13.1 Å². The smallest absolute Gasteiger partial charge is 0.255 e. The first-order chi connectivity index (χ1) is 17.9. The van der Waals surface area contributed by atoms with Gasteiger partial charge < -0.3 is 19.8 Å². The minimum atomic E-state index is -2.65. The van der Waals surface area contributed by atoms with Crippen molar-refractivity contribution in [2.24, 2.45) is 0 Å². The highest BCUT2D eigenvalue weighted by Crippen LogP contribution is 2.30. The molecule has 1 aliphatic heterocycles. The predicted molar refractivity (Wildman–Crippen MR) is 130 cm³/mol. The van der Waals surface area contributed by atoms with Gasteiger partial charge in [-0.25, -0.2) is 23.3 Å². The topological polar surface area (TPSA) is 113 Å². The lowest BCUT2D eigenvalue weighted by atomic mass is 10.0. The summed E-state index contributed by atoms with van der Waals surface area (Å²) in [5.41, 5.74) is 4.19. The normalized spacial score (nSPS) is 13.5. The van der Waals surface area contributed by atoms with E-state index in [2.05, 4.69) is 29.9 Å². The molecule has 188 valence electrons. The van der Waals surface area contributed by atoms with Crippen molar-refractivity contribution in [3.63, 3.8) is 0 Å². The van der Waals surface area contributed by atoms with Gasteiger partial charge >= 0.3 is 0 Å². The molecule has 0 spiro atoms. The van der Waals surface area contributed by atoms with Crippen molar-refractivity contribution >= 4 is 28.4 Å². The molecule has 0 unspecified atom stereocenters. The third-order valence-corrected chi connectivity index (χ3v) is 6.48. The van der Waals surface area contributed by atoms with Crippen LogP contribution in [-0.4, -0.2) is 65.4 Å². The molecule has 1 aliphatic rings. The fourth-order valence-corrected chi connectivity index (χ4v) is 4.70. The molecule has 2 N–H and O–H groups in total. The summed E-state index contributed by atoms with van der Waals surface area (Å²) in [4.78, 5) is 39.6. The number of nitrogens with one attached hydrogen (secondary N) is 2. The van der Waals surface area contributed by atoms with Gasteiger partial charge in [-0.05, 0) is 30.7 Å². The molecule has 2 amide bonds. The van der Waals surface area contributed by atoms with Crippen molar-refractivity contribution in [1.82, 2.24) is 39.3 Å². The fourth-order valence-electron chi connectivity index (χ4n) is 4.70. The van der Waals surface area contributed by atoms with E-state index in [4.69, 9.17) is 0 Å². The van der Waals surface area contributed by atoms with Crippen LogP contribution in [0.4, 0.5) is 8.78 Å². The first kappa shape index (κ1) is 22.8. The Bertz CT molecular complexity index is 1670. The Morgan fingerprint density at radius 1 is 1.22 bits per heavy atom. The number of fused-ring (bicyclic) bond motifs is 3. The second kappa shape index (κ2) is 8.80. The molecular weight excluding hydrogens is 482 g/mol. The second-order valence-corrected chi connectivity index (χ2v) is 8.95. The van der Waals surface area contributed by atoms with Gasteiger partial charge in [0.25, 0.3) is 18.2 Å². The summed E-state index contributed by atoms with van der Waals surface area (Å²) in [5.74, 6) is 0.104. The lowest BCUT2D eigenvalue weighted by Gasteiger charge is -2.27. The van der Waals surface area contributed by atoms with Crippen molar-refractivity contribution in [2.75, 3.05) is 13.1 Å². The number of carbonyl (C=O) groups is 2. The minimum absolute atomic E-state index is 0.127. The third kappa shape index (κ3) is 4.09. The lowest BCUT2D eigenvalue weighted by molar-refractivity contribution is 0.0707. The highest BCUT2D eigenvalue weighted by Gasteiger charge is 2.24. The van der Waals surface area contributed by atoms with Crippen LogP contribution < -0.4 is 5.32 Å². The van der Waals surface area contributed by atoms with Gasteiger partial charge in [-0.3, -0.25) is 9.59 Å². The number of aromatic nitrogens is 6. The molecule has 0 aliphatic carbocycles. The average Bonchev–Trinajstić information content (AvgIpc) is 3.61. The monoisotopic (exact) mass is 504 g/mol. The van der Waals surface area contributed by atoms with Crippen LogP contribution >= 0.6 is 0 Å². The van der Waals surface area contributed by atoms with Gasteiger partial charge in [0.2, 0.25) is 0 Å². The first-order valence-electron chi connectivity index (χ1n) is 11.7. The van der Waals surface area contributed by atoms with Crippen LogP contribution in [0.5, 0.6) is 0 Å². The number of carbonyl (C=O) groups excluding carboxylic acids is 2. The maximum Gasteiger partial charge on any atom is 0.255 e. The molecule has 0 aromatic carbocycles. The van der Waals surface area contributed by atoms with E-state index < -0.39 is 18.9 Å². The second-order valence-electron chi connectivity index (χ2n) is 8.95. The van der Waals surface area contributed by atoms with Crippen molar-refractivity contribution in [3.05, 3.63) is 71.8 Å². The molecule has 5 aromatic heterocycles. The summed E-state index contributed by atoms with van der Waals surface area (Å²) >= 11 is 0. The number of halogens is 2. The zero-order valence-corrected chi connectivity index (χ0v) is 19.8. The first-order valence-corrected chi connectivity index (χ1v) is 11.7. The quantitative estimate of drug-likeness (QED) is 0.382. The largest absolute Gasteiger partial charge is 0.346 e. The Balaban J connectivity index is 1.32. The number of aryl methyl sites for hydroxylation is 1. The van der Waals surface area contributed by atoms with Gasteiger partial charge in [0.05, 0.1) is 41.6 Å². The van der Waals surface area contributed by atoms with E-state index in [0.29, 0.717) is 36.4 Å². The van der Waals surface area contributed by atoms with E-state index in [1.165, 1.54) is 10.7 Å². The summed E-state index contributed by atoms with van der Waals surface area (Å²) in [5, 5.41) is 7.11. The van der Waals surface area contributed by atoms with E-state index in [9.17, 15) is 18.4 Å². The van der Waals surface area contributed by atoms with Gasteiger partial charge in [-0.1, -0.05) is 0 Å². The number of pyridine rings is 2. The molecule has 12 heteroatoms. The maximum absolute atomic E-state index is 13.3. The summed E-state index contributed by atoms with van der Waals surface area (Å²) in [7, 11) is 0. The van der Waals surface area contributed by atoms with Crippen LogP contribution in [0.1, 0.15) is 32.2 Å². The van der Waals surface area contributed by atoms with Crippen LogP contribution in [0.25, 0.3) is 27.7 Å². The molecule has 0 radical (unpaired) electrons. The van der Waals surface area contributed by atoms with E-state index in [1.54, 1.807) is 35.6 Å². The van der Waals surface area contributed by atoms with E-state index in [0.717, 1.165) is 28.0 Å². The average molecular weight is 505 g/mol. The Labute approximate surface area is 208 Å². The van der Waals surface area contributed by atoms with E-state index in [1.807, 2.05) is 19.2 Å². The van der Waals surface area contributed by atoms with Gasteiger partial charge in [-0.2, -0.15) is 5.10 Å². The number of aromatic amines is 1. The molecule has 6 heterocycles. The van der Waals surface area contributed by atoms with Crippen LogP contribution in [0.3, 0.4) is 0 Å². The molecule has 0 bridgehead atoms. The zero-order valence-electron chi connectivity index (χ0n) is 19.8. The van der Waals surface area contributed by atoms with Crippen molar-refractivity contribution in [2.45, 2.75) is 26.4 Å². The number of hydrogen-bond acceptors (Lipinski definition) is 5. The van der Waals surface area contributed by atoms with E-state index >= 15 is 0 Å². The van der Waals surface area contributed by atoms with Crippen LogP contribution in [0.2, 0.25) is 0 Å². The summed E-state index contributed by atoms with van der Waals surface area (Å²) in [6.07, 6.45) is 5.72. The van der Waals surface area contributed by atoms with Crippen molar-refractivity contribution in [3.8, 4) is 11.1 Å². The molecule has 5 aromatic rings. The lowest BCUT2D eigenvalue weighted by Crippen LogP contribution is -2.38. The highest BCUT2D eigenvalue weighted by atomic mass is 19.3. The van der Waals surface area contributed by atoms with Gasteiger partial charge in [-0.15, -0.1) is 0 Å². The molecule has 0 atom stereocenters. The molecule has 0 saturated carbocycles. The standard InChI is InChI=1S/C25H22F2N8O2/c1-14-12-33-4-5-34(13-22(33)32-14)25(37)16-6-17-18(9-29-23(17)28-8-16)15-2-3-35-20(7-15)19(10-31-35)24(36)30-11-21(26)27/h2-3,6-10,12,21H,4-5,11,13H2,1H3,(H,28,29)(H,30,36). The van der Waals surface area contributed by atoms with E-state index in [-0.39, 0.29) is 11.5 Å². The van der Waals surface area contributed by atoms with Gasteiger partial charge in [0.1, 0.15) is 11.5 Å². The number of H-pyrrole nitrogens is 1. The summed E-state index contributed by atoms with van der Waals surface area (Å²) in [6.45, 7) is 2.89. The van der Waals surface area contributed by atoms with Crippen molar-refractivity contribution in [1.29, 1.82) is 0 Å². The predicted octanol–water partition coefficient (Wildman–Crippen LogP) is 3.03. The Morgan fingerprint density at radius 2 is 2.08 bits per heavy atom. The van der Waals surface area contributed by atoms with Gasteiger partial charge in [0.15, 0.2) is 0 Å².